The third-order valence-corrected chi connectivity index (χ3v) is 3.34. The Balaban J connectivity index is 2.28. The lowest BCUT2D eigenvalue weighted by Gasteiger charge is -2.33. The molecule has 0 saturated carbocycles. The molecule has 92 valence electrons. The molecular formula is C12H16ClN3O. The molecule has 1 fully saturated rings. The van der Waals surface area contributed by atoms with Gasteiger partial charge in [-0.15, -0.1) is 0 Å². The first-order valence-electron chi connectivity index (χ1n) is 5.68. The maximum absolute atomic E-state index is 11.4. The fraction of sp³-hybridized carbons (Fsp3) is 0.417. The highest BCUT2D eigenvalue weighted by molar-refractivity contribution is 6.31. The fourth-order valence-electron chi connectivity index (χ4n) is 2.12. The van der Waals surface area contributed by atoms with Crippen LogP contribution in [0.4, 0.5) is 5.69 Å². The summed E-state index contributed by atoms with van der Waals surface area (Å²) >= 11 is 5.88. The number of hydrogen-bond donors (Lipinski definition) is 2. The first-order valence-corrected chi connectivity index (χ1v) is 6.05. The van der Waals surface area contributed by atoms with Gasteiger partial charge in [-0.25, -0.2) is 0 Å². The van der Waals surface area contributed by atoms with Crippen molar-refractivity contribution in [2.24, 2.45) is 11.5 Å². The van der Waals surface area contributed by atoms with E-state index in [0.717, 1.165) is 31.6 Å². The smallest absolute Gasteiger partial charge is 0.250 e. The Hall–Kier alpha value is -1.26. The number of primary amides is 1. The molecule has 1 aliphatic heterocycles. The van der Waals surface area contributed by atoms with Crippen molar-refractivity contribution in [3.8, 4) is 0 Å². The van der Waals surface area contributed by atoms with Crippen LogP contribution < -0.4 is 16.4 Å². The summed E-state index contributed by atoms with van der Waals surface area (Å²) in [5.74, 6) is -0.447. The third kappa shape index (κ3) is 2.70. The van der Waals surface area contributed by atoms with Crippen LogP contribution in [0.5, 0.6) is 0 Å². The first-order chi connectivity index (χ1) is 8.08. The summed E-state index contributed by atoms with van der Waals surface area (Å²) in [7, 11) is 0. The molecule has 1 amide bonds. The molecule has 0 radical (unpaired) electrons. The van der Waals surface area contributed by atoms with E-state index in [1.54, 1.807) is 12.1 Å². The molecule has 1 saturated heterocycles. The lowest BCUT2D eigenvalue weighted by Crippen LogP contribution is -2.40. The highest BCUT2D eigenvalue weighted by Gasteiger charge is 2.20. The molecule has 0 aromatic heterocycles. The summed E-state index contributed by atoms with van der Waals surface area (Å²) in [4.78, 5) is 13.5. The number of carbonyl (C=O) groups excluding carboxylic acids is 1. The van der Waals surface area contributed by atoms with Gasteiger partial charge in [0.1, 0.15) is 0 Å². The number of benzene rings is 1. The van der Waals surface area contributed by atoms with Gasteiger partial charge < -0.3 is 16.4 Å². The van der Waals surface area contributed by atoms with E-state index in [2.05, 4.69) is 4.90 Å². The number of nitrogens with zero attached hydrogens (tertiary/aromatic N) is 1. The normalized spacial score (nSPS) is 17.2. The maximum Gasteiger partial charge on any atom is 0.250 e. The van der Waals surface area contributed by atoms with E-state index in [1.807, 2.05) is 6.07 Å². The Morgan fingerprint density at radius 3 is 2.59 bits per heavy atom. The number of halogens is 1. The Morgan fingerprint density at radius 1 is 1.35 bits per heavy atom. The van der Waals surface area contributed by atoms with Gasteiger partial charge >= 0.3 is 0 Å². The van der Waals surface area contributed by atoms with E-state index in [1.165, 1.54) is 0 Å². The molecule has 0 bridgehead atoms. The number of nitrogens with two attached hydrogens (primary N) is 2. The van der Waals surface area contributed by atoms with E-state index >= 15 is 0 Å². The van der Waals surface area contributed by atoms with E-state index in [-0.39, 0.29) is 6.04 Å². The van der Waals surface area contributed by atoms with Gasteiger partial charge in [0.25, 0.3) is 5.91 Å². The van der Waals surface area contributed by atoms with Crippen molar-refractivity contribution < 1.29 is 4.79 Å². The Labute approximate surface area is 106 Å². The fourth-order valence-corrected chi connectivity index (χ4v) is 2.29. The minimum Gasteiger partial charge on any atom is -0.371 e. The van der Waals surface area contributed by atoms with Crippen molar-refractivity contribution in [3.05, 3.63) is 28.8 Å². The highest BCUT2D eigenvalue weighted by atomic mass is 35.5. The Morgan fingerprint density at radius 2 is 2.00 bits per heavy atom. The minimum atomic E-state index is -0.447. The first kappa shape index (κ1) is 12.2. The van der Waals surface area contributed by atoms with Gasteiger partial charge in [0.15, 0.2) is 0 Å². The molecule has 1 aromatic carbocycles. The number of amides is 1. The maximum atomic E-state index is 11.4. The van der Waals surface area contributed by atoms with Crippen LogP contribution in [0, 0.1) is 0 Å². The van der Waals surface area contributed by atoms with Crippen LogP contribution in [-0.2, 0) is 0 Å². The van der Waals surface area contributed by atoms with Crippen molar-refractivity contribution in [2.45, 2.75) is 18.9 Å². The van der Waals surface area contributed by atoms with Crippen molar-refractivity contribution in [1.82, 2.24) is 0 Å². The third-order valence-electron chi connectivity index (χ3n) is 3.10. The van der Waals surface area contributed by atoms with Gasteiger partial charge in [0, 0.05) is 29.8 Å². The number of anilines is 1. The Bertz CT molecular complexity index is 428. The molecule has 1 heterocycles. The van der Waals surface area contributed by atoms with Crippen molar-refractivity contribution >= 4 is 23.2 Å². The van der Waals surface area contributed by atoms with Crippen molar-refractivity contribution in [1.29, 1.82) is 0 Å². The molecule has 0 aliphatic carbocycles. The second kappa shape index (κ2) is 4.94. The summed E-state index contributed by atoms with van der Waals surface area (Å²) in [5, 5.41) is 0.524. The molecule has 17 heavy (non-hydrogen) atoms. The quantitative estimate of drug-likeness (QED) is 0.836. The Kier molecular flexibility index (Phi) is 3.54. The molecule has 0 unspecified atom stereocenters. The molecule has 0 spiro atoms. The van der Waals surface area contributed by atoms with Gasteiger partial charge in [0.05, 0.1) is 5.56 Å². The average Bonchev–Trinajstić information content (AvgIpc) is 2.30. The minimum absolute atomic E-state index is 0.260. The largest absolute Gasteiger partial charge is 0.371 e. The molecule has 4 N–H and O–H groups in total. The number of rotatable bonds is 2. The number of carbonyl (C=O) groups is 1. The summed E-state index contributed by atoms with van der Waals surface area (Å²) < 4.78 is 0. The van der Waals surface area contributed by atoms with Crippen LogP contribution in [0.2, 0.25) is 5.02 Å². The van der Waals surface area contributed by atoms with Gasteiger partial charge in [-0.3, -0.25) is 4.79 Å². The topological polar surface area (TPSA) is 72.4 Å². The molecule has 0 atom stereocenters. The van der Waals surface area contributed by atoms with Crippen LogP contribution in [-0.4, -0.2) is 25.0 Å². The molecule has 1 aliphatic rings. The van der Waals surface area contributed by atoms with Crippen LogP contribution >= 0.6 is 11.6 Å². The van der Waals surface area contributed by atoms with Crippen molar-refractivity contribution in [2.75, 3.05) is 18.0 Å². The van der Waals surface area contributed by atoms with Crippen LogP contribution in [0.1, 0.15) is 23.2 Å². The highest BCUT2D eigenvalue weighted by Crippen LogP contribution is 2.26. The average molecular weight is 254 g/mol. The molecule has 1 aromatic rings. The summed E-state index contributed by atoms with van der Waals surface area (Å²) in [6, 6.07) is 5.50. The number of piperidine rings is 1. The molecule has 4 nitrogen and oxygen atoms in total. The summed E-state index contributed by atoms with van der Waals surface area (Å²) in [6.45, 7) is 1.70. The van der Waals surface area contributed by atoms with E-state index < -0.39 is 5.91 Å². The molecular weight excluding hydrogens is 238 g/mol. The number of hydrogen-bond acceptors (Lipinski definition) is 3. The second-order valence-corrected chi connectivity index (χ2v) is 4.79. The zero-order valence-corrected chi connectivity index (χ0v) is 10.3. The summed E-state index contributed by atoms with van der Waals surface area (Å²) in [6.07, 6.45) is 1.86. The van der Waals surface area contributed by atoms with Gasteiger partial charge in [-0.2, -0.15) is 0 Å². The van der Waals surface area contributed by atoms with Crippen LogP contribution in [0.15, 0.2) is 18.2 Å². The SMILES string of the molecule is NC(=O)c1cc(Cl)ccc1N1CCC(N)CC1. The van der Waals surface area contributed by atoms with Crippen LogP contribution in [0.25, 0.3) is 0 Å². The second-order valence-electron chi connectivity index (χ2n) is 4.35. The monoisotopic (exact) mass is 253 g/mol. The van der Waals surface area contributed by atoms with Gasteiger partial charge in [-0.05, 0) is 31.0 Å². The predicted molar refractivity (Wildman–Crippen MR) is 69.4 cm³/mol. The van der Waals surface area contributed by atoms with Crippen LogP contribution in [0.3, 0.4) is 0 Å². The van der Waals surface area contributed by atoms with E-state index in [9.17, 15) is 4.79 Å². The van der Waals surface area contributed by atoms with Gasteiger partial charge in [0.2, 0.25) is 0 Å². The van der Waals surface area contributed by atoms with Gasteiger partial charge in [-0.1, -0.05) is 11.6 Å². The predicted octanol–water partition coefficient (Wildman–Crippen LogP) is 1.37. The zero-order chi connectivity index (χ0) is 12.4. The van der Waals surface area contributed by atoms with E-state index in [4.69, 9.17) is 23.1 Å². The van der Waals surface area contributed by atoms with E-state index in [0.29, 0.717) is 10.6 Å². The standard InChI is InChI=1S/C12H16ClN3O/c13-8-1-2-11(10(7-8)12(15)17)16-5-3-9(14)4-6-16/h1-2,7,9H,3-6,14H2,(H2,15,17). The summed E-state index contributed by atoms with van der Waals surface area (Å²) in [5.41, 5.74) is 12.6. The van der Waals surface area contributed by atoms with Crippen molar-refractivity contribution in [3.63, 3.8) is 0 Å². The zero-order valence-electron chi connectivity index (χ0n) is 9.53. The lowest BCUT2D eigenvalue weighted by molar-refractivity contribution is 0.100. The lowest BCUT2D eigenvalue weighted by atomic mass is 10.0. The molecule has 2 rings (SSSR count). The molecule has 5 heteroatoms.